The Labute approximate surface area is 164 Å². The molecule has 0 atom stereocenters. The van der Waals surface area contributed by atoms with Crippen LogP contribution in [0.1, 0.15) is 37.2 Å². The van der Waals surface area contributed by atoms with E-state index >= 15 is 0 Å². The highest BCUT2D eigenvalue weighted by Gasteiger charge is 2.25. The summed E-state index contributed by atoms with van der Waals surface area (Å²) >= 11 is 0. The quantitative estimate of drug-likeness (QED) is 0.668. The van der Waals surface area contributed by atoms with E-state index in [1.807, 2.05) is 0 Å². The number of carboxylic acid groups (broad SMARTS) is 1. The lowest BCUT2D eigenvalue weighted by molar-refractivity contribution is -0.189. The van der Waals surface area contributed by atoms with Crippen LogP contribution in [0.2, 0.25) is 0 Å². The predicted octanol–water partition coefficient (Wildman–Crippen LogP) is 4.13. The van der Waals surface area contributed by atoms with Crippen molar-refractivity contribution in [3.05, 3.63) is 42.0 Å². The lowest BCUT2D eigenvalue weighted by atomic mass is 9.94. The molecule has 0 radical (unpaired) electrons. The van der Waals surface area contributed by atoms with Crippen molar-refractivity contribution >= 4 is 16.9 Å². The standard InChI is InChI=1S/C22H27NO5/c24-22(25)23-10-2-5-21-27-13-17(14-28-21)19-4-1-3-16-11-18(8-9-20(16)19)26-12-15-6-7-15/h1,3-4,8-9,11,15,17,21,23H,2,5-7,10,12-14H2,(H,24,25)/t17-,21-. The third kappa shape index (κ3) is 4.94. The van der Waals surface area contributed by atoms with Crippen LogP contribution in [-0.4, -0.2) is 43.9 Å². The number of fused-ring (bicyclic) bond motifs is 1. The molecule has 28 heavy (non-hydrogen) atoms. The van der Waals surface area contributed by atoms with Gasteiger partial charge in [0.05, 0.1) is 19.8 Å². The van der Waals surface area contributed by atoms with Gasteiger partial charge in [0.25, 0.3) is 0 Å². The van der Waals surface area contributed by atoms with Gasteiger partial charge in [-0.25, -0.2) is 4.79 Å². The molecule has 2 aromatic carbocycles. The first-order chi connectivity index (χ1) is 13.7. The fourth-order valence-electron chi connectivity index (χ4n) is 3.58. The van der Waals surface area contributed by atoms with Crippen molar-refractivity contribution in [3.8, 4) is 5.75 Å². The van der Waals surface area contributed by atoms with Crippen molar-refractivity contribution < 1.29 is 24.1 Å². The highest BCUT2D eigenvalue weighted by molar-refractivity contribution is 5.87. The van der Waals surface area contributed by atoms with Crippen LogP contribution in [0, 0.1) is 5.92 Å². The lowest BCUT2D eigenvalue weighted by Gasteiger charge is -2.30. The van der Waals surface area contributed by atoms with Crippen LogP contribution in [0.15, 0.2) is 36.4 Å². The molecular weight excluding hydrogens is 358 g/mol. The third-order valence-corrected chi connectivity index (χ3v) is 5.37. The minimum atomic E-state index is -0.998. The summed E-state index contributed by atoms with van der Waals surface area (Å²) in [5.41, 5.74) is 1.23. The summed E-state index contributed by atoms with van der Waals surface area (Å²) in [5.74, 6) is 1.87. The van der Waals surface area contributed by atoms with Gasteiger partial charge in [-0.05, 0) is 53.6 Å². The van der Waals surface area contributed by atoms with E-state index < -0.39 is 6.09 Å². The Morgan fingerprint density at radius 3 is 2.75 bits per heavy atom. The second-order valence-electron chi connectivity index (χ2n) is 7.65. The molecule has 2 aromatic rings. The fraction of sp³-hybridized carbons (Fsp3) is 0.500. The molecule has 0 unspecified atom stereocenters. The molecule has 2 aliphatic rings. The van der Waals surface area contributed by atoms with Crippen LogP contribution in [0.5, 0.6) is 5.75 Å². The number of benzene rings is 2. The summed E-state index contributed by atoms with van der Waals surface area (Å²) in [5, 5.41) is 13.3. The van der Waals surface area contributed by atoms with Crippen molar-refractivity contribution in [3.63, 3.8) is 0 Å². The minimum absolute atomic E-state index is 0.190. The van der Waals surface area contributed by atoms with E-state index in [4.69, 9.17) is 19.3 Å². The van der Waals surface area contributed by atoms with Gasteiger partial charge in [0.2, 0.25) is 0 Å². The third-order valence-electron chi connectivity index (χ3n) is 5.37. The van der Waals surface area contributed by atoms with Gasteiger partial charge < -0.3 is 24.6 Å². The smallest absolute Gasteiger partial charge is 0.404 e. The maximum absolute atomic E-state index is 10.5. The maximum atomic E-state index is 10.5. The van der Waals surface area contributed by atoms with E-state index in [9.17, 15) is 4.79 Å². The Bertz CT molecular complexity index is 812. The molecule has 150 valence electrons. The summed E-state index contributed by atoms with van der Waals surface area (Å²) in [6, 6.07) is 12.6. The number of rotatable bonds is 8. The molecule has 2 N–H and O–H groups in total. The molecule has 0 spiro atoms. The molecule has 1 aliphatic heterocycles. The van der Waals surface area contributed by atoms with Gasteiger partial charge >= 0.3 is 6.09 Å². The highest BCUT2D eigenvalue weighted by Crippen LogP contribution is 2.33. The van der Waals surface area contributed by atoms with Gasteiger partial charge in [0.1, 0.15) is 5.75 Å². The van der Waals surface area contributed by atoms with Gasteiger partial charge in [-0.1, -0.05) is 24.3 Å². The number of carbonyl (C=O) groups is 1. The van der Waals surface area contributed by atoms with Gasteiger partial charge in [-0.2, -0.15) is 0 Å². The van der Waals surface area contributed by atoms with Crippen molar-refractivity contribution in [1.82, 2.24) is 5.32 Å². The number of hydrogen-bond acceptors (Lipinski definition) is 4. The van der Waals surface area contributed by atoms with E-state index in [0.717, 1.165) is 18.3 Å². The zero-order valence-electron chi connectivity index (χ0n) is 15.9. The van der Waals surface area contributed by atoms with Crippen LogP contribution in [0.4, 0.5) is 4.79 Å². The van der Waals surface area contributed by atoms with Gasteiger partial charge in [0, 0.05) is 18.9 Å². The zero-order valence-corrected chi connectivity index (χ0v) is 15.9. The summed E-state index contributed by atoms with van der Waals surface area (Å²) < 4.78 is 17.7. The molecule has 1 aliphatic carbocycles. The Balaban J connectivity index is 1.34. The molecule has 0 bridgehead atoms. The Morgan fingerprint density at radius 2 is 2.00 bits per heavy atom. The lowest BCUT2D eigenvalue weighted by Crippen LogP contribution is -2.32. The summed E-state index contributed by atoms with van der Waals surface area (Å²) in [6.45, 7) is 2.45. The van der Waals surface area contributed by atoms with E-state index in [2.05, 4.69) is 41.7 Å². The SMILES string of the molecule is O=C(O)NCCC[C@H]1OC[C@H](c2cccc3cc(OCC4CC4)ccc32)CO1. The first-order valence-electron chi connectivity index (χ1n) is 10.0. The van der Waals surface area contributed by atoms with Gasteiger partial charge in [-0.3, -0.25) is 0 Å². The second-order valence-corrected chi connectivity index (χ2v) is 7.65. The van der Waals surface area contributed by atoms with E-state index in [1.165, 1.54) is 29.2 Å². The number of ether oxygens (including phenoxy) is 3. The molecular formula is C22H27NO5. The average molecular weight is 385 g/mol. The first-order valence-corrected chi connectivity index (χ1v) is 10.0. The molecule has 2 fully saturated rings. The van der Waals surface area contributed by atoms with E-state index in [-0.39, 0.29) is 12.2 Å². The monoisotopic (exact) mass is 385 g/mol. The Kier molecular flexibility index (Phi) is 5.98. The van der Waals surface area contributed by atoms with Gasteiger partial charge in [0.15, 0.2) is 6.29 Å². The van der Waals surface area contributed by atoms with Crippen LogP contribution in [0.3, 0.4) is 0 Å². The minimum Gasteiger partial charge on any atom is -0.493 e. The molecule has 1 heterocycles. The first kappa shape index (κ1) is 19.0. The molecule has 1 amide bonds. The van der Waals surface area contributed by atoms with Crippen LogP contribution in [0.25, 0.3) is 10.8 Å². The predicted molar refractivity (Wildman–Crippen MR) is 106 cm³/mol. The number of amides is 1. The number of hydrogen-bond donors (Lipinski definition) is 2. The van der Waals surface area contributed by atoms with Crippen LogP contribution >= 0.6 is 0 Å². The van der Waals surface area contributed by atoms with Gasteiger partial charge in [-0.15, -0.1) is 0 Å². The zero-order chi connectivity index (χ0) is 19.3. The molecule has 4 rings (SSSR count). The molecule has 6 nitrogen and oxygen atoms in total. The Morgan fingerprint density at radius 1 is 1.18 bits per heavy atom. The normalized spacial score (nSPS) is 22.1. The topological polar surface area (TPSA) is 77.0 Å². The van der Waals surface area contributed by atoms with Crippen LogP contribution < -0.4 is 10.1 Å². The van der Waals surface area contributed by atoms with E-state index in [1.54, 1.807) is 0 Å². The summed E-state index contributed by atoms with van der Waals surface area (Å²) in [7, 11) is 0. The fourth-order valence-corrected chi connectivity index (χ4v) is 3.58. The average Bonchev–Trinajstić information content (AvgIpc) is 3.54. The second kappa shape index (κ2) is 8.80. The Hall–Kier alpha value is -2.31. The van der Waals surface area contributed by atoms with Crippen molar-refractivity contribution in [1.29, 1.82) is 0 Å². The molecule has 0 aromatic heterocycles. The molecule has 6 heteroatoms. The summed E-state index contributed by atoms with van der Waals surface area (Å²) in [6.07, 6.45) is 2.70. The largest absolute Gasteiger partial charge is 0.493 e. The van der Waals surface area contributed by atoms with Crippen molar-refractivity contribution in [2.75, 3.05) is 26.4 Å². The van der Waals surface area contributed by atoms with Crippen molar-refractivity contribution in [2.45, 2.75) is 37.9 Å². The van der Waals surface area contributed by atoms with Crippen LogP contribution in [-0.2, 0) is 9.47 Å². The highest BCUT2D eigenvalue weighted by atomic mass is 16.7. The summed E-state index contributed by atoms with van der Waals surface area (Å²) in [4.78, 5) is 10.5. The van der Waals surface area contributed by atoms with E-state index in [0.29, 0.717) is 32.6 Å². The molecule has 1 saturated carbocycles. The van der Waals surface area contributed by atoms with Crippen molar-refractivity contribution in [2.24, 2.45) is 5.92 Å². The number of nitrogens with one attached hydrogen (secondary N) is 1. The molecule has 1 saturated heterocycles. The maximum Gasteiger partial charge on any atom is 0.404 e.